The van der Waals surface area contributed by atoms with E-state index < -0.39 is 0 Å². The zero-order valence-corrected chi connectivity index (χ0v) is 11.7. The Morgan fingerprint density at radius 1 is 0.429 bits per heavy atom. The maximum atomic E-state index is 0. The molecule has 0 heterocycles. The normalized spacial score (nSPS) is 0. The fourth-order valence-electron chi connectivity index (χ4n) is 0. The van der Waals surface area contributed by atoms with Crippen molar-refractivity contribution in [2.45, 2.75) is 0 Å². The molecule has 0 spiro atoms. The quantitative estimate of drug-likeness (QED) is 0.349. The van der Waals surface area contributed by atoms with Gasteiger partial charge in [0.2, 0.25) is 0 Å². The first kappa shape index (κ1) is 74.8. The van der Waals surface area contributed by atoms with Crippen LogP contribution in [0.2, 0.25) is 0 Å². The SMILES string of the molecule is O.O.O.O.[Fe].[K+].[K+]. The predicted molar refractivity (Wildman–Crippen MR) is 14.5 cm³/mol. The molecule has 0 bridgehead atoms. The van der Waals surface area contributed by atoms with E-state index in [1.54, 1.807) is 0 Å². The van der Waals surface area contributed by atoms with Crippen LogP contribution >= 0.6 is 0 Å². The zero-order valence-electron chi connectivity index (χ0n) is 4.35. The van der Waals surface area contributed by atoms with Gasteiger partial charge in [-0.25, -0.2) is 0 Å². The molecule has 40 valence electrons. The van der Waals surface area contributed by atoms with E-state index in [0.717, 1.165) is 0 Å². The molecule has 8 N–H and O–H groups in total. The van der Waals surface area contributed by atoms with E-state index >= 15 is 0 Å². The van der Waals surface area contributed by atoms with E-state index in [0.29, 0.717) is 0 Å². The van der Waals surface area contributed by atoms with Crippen LogP contribution in [0.5, 0.6) is 0 Å². The largest absolute Gasteiger partial charge is 1.00 e. The van der Waals surface area contributed by atoms with Crippen molar-refractivity contribution in [3.8, 4) is 0 Å². The minimum atomic E-state index is 0. The summed E-state index contributed by atoms with van der Waals surface area (Å²) in [5, 5.41) is 0. The van der Waals surface area contributed by atoms with Crippen LogP contribution in [0.1, 0.15) is 0 Å². The average Bonchev–Trinajstić information content (AvgIpc) is 0. The van der Waals surface area contributed by atoms with Crippen molar-refractivity contribution in [1.29, 1.82) is 0 Å². The molecule has 0 aliphatic carbocycles. The number of rotatable bonds is 0. The van der Waals surface area contributed by atoms with Crippen LogP contribution in [0.4, 0.5) is 0 Å². The van der Waals surface area contributed by atoms with Gasteiger partial charge in [0.15, 0.2) is 0 Å². The van der Waals surface area contributed by atoms with Crippen LogP contribution in [-0.4, -0.2) is 21.9 Å². The molecule has 0 saturated carbocycles. The van der Waals surface area contributed by atoms with Crippen LogP contribution in [0.15, 0.2) is 0 Å². The third-order valence-electron chi connectivity index (χ3n) is 0. The van der Waals surface area contributed by atoms with E-state index in [1.165, 1.54) is 0 Å². The Labute approximate surface area is 138 Å². The molecule has 0 atom stereocenters. The van der Waals surface area contributed by atoms with E-state index in [2.05, 4.69) is 0 Å². The van der Waals surface area contributed by atoms with Crippen molar-refractivity contribution in [1.82, 2.24) is 0 Å². The maximum absolute atomic E-state index is 0. The summed E-state index contributed by atoms with van der Waals surface area (Å²) in [6.45, 7) is 0. The fraction of sp³-hybridized carbons (Fsp3) is 0. The number of hydrogen-bond acceptors (Lipinski definition) is 0. The predicted octanol–water partition coefficient (Wildman–Crippen LogP) is -9.29. The molecule has 4 nitrogen and oxygen atoms in total. The summed E-state index contributed by atoms with van der Waals surface area (Å²) in [6.07, 6.45) is 0. The molecule has 0 saturated heterocycles. The third kappa shape index (κ3) is 42.5. The topological polar surface area (TPSA) is 126 Å². The summed E-state index contributed by atoms with van der Waals surface area (Å²) >= 11 is 0. The van der Waals surface area contributed by atoms with Gasteiger partial charge in [-0.2, -0.15) is 0 Å². The molecule has 0 amide bonds. The molecule has 0 aromatic rings. The van der Waals surface area contributed by atoms with Crippen LogP contribution in [0.3, 0.4) is 0 Å². The molecular formula is H8FeK2O4+2. The molecule has 0 fully saturated rings. The molecule has 0 aromatic carbocycles. The van der Waals surface area contributed by atoms with Crippen molar-refractivity contribution in [3.63, 3.8) is 0 Å². The summed E-state index contributed by atoms with van der Waals surface area (Å²) < 4.78 is 0. The van der Waals surface area contributed by atoms with Gasteiger partial charge in [-0.3, -0.25) is 0 Å². The standard InChI is InChI=1S/Fe.2K.4H2O/h;;;4*1H2/q;2*+1;;;;. The van der Waals surface area contributed by atoms with Gasteiger partial charge in [-0.15, -0.1) is 0 Å². The second-order valence-electron chi connectivity index (χ2n) is 0. The molecule has 0 unspecified atom stereocenters. The molecule has 0 radical (unpaired) electrons. The molecule has 0 aliphatic heterocycles. The molecule has 7 heavy (non-hydrogen) atoms. The van der Waals surface area contributed by atoms with E-state index in [1.807, 2.05) is 0 Å². The minimum Gasteiger partial charge on any atom is -0.412 e. The first-order valence-electron chi connectivity index (χ1n) is 0. The van der Waals surface area contributed by atoms with Crippen LogP contribution < -0.4 is 103 Å². The average molecular weight is 206 g/mol. The minimum absolute atomic E-state index is 0. The second-order valence-corrected chi connectivity index (χ2v) is 0. The van der Waals surface area contributed by atoms with E-state index in [-0.39, 0.29) is 142 Å². The monoisotopic (exact) mass is 206 g/mol. The van der Waals surface area contributed by atoms with Gasteiger partial charge in [0, 0.05) is 17.1 Å². The Morgan fingerprint density at radius 3 is 0.429 bits per heavy atom. The zero-order chi connectivity index (χ0) is 0. The number of hydrogen-bond donors (Lipinski definition) is 0. The van der Waals surface area contributed by atoms with E-state index in [4.69, 9.17) is 0 Å². The van der Waals surface area contributed by atoms with Gasteiger partial charge < -0.3 is 21.9 Å². The Kier molecular flexibility index (Phi) is 581. The first-order chi connectivity index (χ1) is 0. The first-order valence-corrected chi connectivity index (χ1v) is 0. The maximum Gasteiger partial charge on any atom is 1.00 e. The second kappa shape index (κ2) is 54.4. The summed E-state index contributed by atoms with van der Waals surface area (Å²) in [7, 11) is 0. The molecule has 0 aromatic heterocycles. The molecule has 0 aliphatic rings. The van der Waals surface area contributed by atoms with Crippen molar-refractivity contribution >= 4 is 0 Å². The fourth-order valence-corrected chi connectivity index (χ4v) is 0. The Bertz CT molecular complexity index is 9.65. The molecular weight excluding hydrogens is 198 g/mol. The Morgan fingerprint density at radius 2 is 0.429 bits per heavy atom. The van der Waals surface area contributed by atoms with Gasteiger partial charge in [0.25, 0.3) is 0 Å². The third-order valence-corrected chi connectivity index (χ3v) is 0. The summed E-state index contributed by atoms with van der Waals surface area (Å²) in [5.74, 6) is 0. The van der Waals surface area contributed by atoms with Crippen molar-refractivity contribution < 1.29 is 142 Å². The summed E-state index contributed by atoms with van der Waals surface area (Å²) in [5.41, 5.74) is 0. The molecule has 7 heteroatoms. The molecule has 0 rings (SSSR count). The smallest absolute Gasteiger partial charge is 0.412 e. The van der Waals surface area contributed by atoms with Gasteiger partial charge in [-0.05, 0) is 0 Å². The van der Waals surface area contributed by atoms with Gasteiger partial charge >= 0.3 is 103 Å². The Balaban J connectivity index is 0. The van der Waals surface area contributed by atoms with E-state index in [9.17, 15) is 0 Å². The van der Waals surface area contributed by atoms with Gasteiger partial charge in [0.05, 0.1) is 0 Å². The van der Waals surface area contributed by atoms with Gasteiger partial charge in [0.1, 0.15) is 0 Å². The Hall–Kier alpha value is 3.63. The van der Waals surface area contributed by atoms with Crippen molar-refractivity contribution in [2.75, 3.05) is 0 Å². The summed E-state index contributed by atoms with van der Waals surface area (Å²) in [4.78, 5) is 0. The van der Waals surface area contributed by atoms with Gasteiger partial charge in [-0.1, -0.05) is 0 Å². The van der Waals surface area contributed by atoms with Crippen LogP contribution in [0.25, 0.3) is 0 Å². The van der Waals surface area contributed by atoms with Crippen LogP contribution in [0, 0.1) is 0 Å². The van der Waals surface area contributed by atoms with Crippen molar-refractivity contribution in [2.24, 2.45) is 0 Å². The van der Waals surface area contributed by atoms with Crippen molar-refractivity contribution in [3.05, 3.63) is 0 Å². The van der Waals surface area contributed by atoms with Crippen LogP contribution in [-0.2, 0) is 17.1 Å². The summed E-state index contributed by atoms with van der Waals surface area (Å²) in [6, 6.07) is 0.